The molecule has 7 nitrogen and oxygen atoms in total. The maximum atomic E-state index is 11.8. The number of ether oxygens (including phenoxy) is 3. The van der Waals surface area contributed by atoms with Gasteiger partial charge in [-0.2, -0.15) is 0 Å². The van der Waals surface area contributed by atoms with E-state index >= 15 is 0 Å². The summed E-state index contributed by atoms with van der Waals surface area (Å²) in [5.41, 5.74) is 5.31. The van der Waals surface area contributed by atoms with E-state index in [0.29, 0.717) is 30.1 Å². The summed E-state index contributed by atoms with van der Waals surface area (Å²) >= 11 is 0. The molecule has 190 valence electrons. The number of rotatable bonds is 10. The Balaban J connectivity index is 1.65. The normalized spacial score (nSPS) is 14.4. The fraction of sp³-hybridized carbons (Fsp3) is 0.321. The Bertz CT molecular complexity index is 1350. The minimum Gasteiger partial charge on any atom is -0.496 e. The van der Waals surface area contributed by atoms with Crippen LogP contribution in [0.2, 0.25) is 0 Å². The van der Waals surface area contributed by atoms with Crippen molar-refractivity contribution in [1.82, 2.24) is 0 Å². The van der Waals surface area contributed by atoms with Crippen LogP contribution >= 0.6 is 0 Å². The summed E-state index contributed by atoms with van der Waals surface area (Å²) < 4.78 is 40.6. The van der Waals surface area contributed by atoms with E-state index < -0.39 is 16.1 Å². The number of primary sulfonamides is 1. The van der Waals surface area contributed by atoms with Crippen LogP contribution in [0, 0.1) is 0 Å². The zero-order chi connectivity index (χ0) is 25.7. The van der Waals surface area contributed by atoms with Crippen LogP contribution in [0.15, 0.2) is 60.7 Å². The molecular formula is C28H31NO6S. The fourth-order valence-corrected chi connectivity index (χ4v) is 5.25. The van der Waals surface area contributed by atoms with Crippen molar-refractivity contribution in [2.24, 2.45) is 5.14 Å². The molecule has 1 aliphatic heterocycles. The molecule has 0 saturated heterocycles. The molecule has 1 atom stereocenters. The number of hydrogen-bond acceptors (Lipinski definition) is 6. The standard InChI is InChI=1S/C28H31NO6S/c1-3-34-26(30)13-5-4-8-19-9-6-10-21(16-19)28-23-17-20(18-36(29,31)32)14-15-22(23)27-24(33-2)11-7-12-25(27)35-28/h6-7,9-12,14-17,28H,3-5,8,13,18H2,1-2H3,(H2,29,31,32). The number of fused-ring (bicyclic) bond motifs is 3. The molecule has 0 spiro atoms. The lowest BCUT2D eigenvalue weighted by Gasteiger charge is -2.31. The number of carbonyl (C=O) groups excluding carboxylic acids is 1. The highest BCUT2D eigenvalue weighted by atomic mass is 32.2. The third-order valence-electron chi connectivity index (χ3n) is 6.14. The van der Waals surface area contributed by atoms with Gasteiger partial charge in [-0.05, 0) is 60.6 Å². The smallest absolute Gasteiger partial charge is 0.305 e. The third kappa shape index (κ3) is 6.06. The Morgan fingerprint density at radius 3 is 2.58 bits per heavy atom. The van der Waals surface area contributed by atoms with E-state index in [1.807, 2.05) is 42.5 Å². The summed E-state index contributed by atoms with van der Waals surface area (Å²) in [6.07, 6.45) is 2.43. The van der Waals surface area contributed by atoms with Crippen LogP contribution in [0.3, 0.4) is 0 Å². The highest BCUT2D eigenvalue weighted by Crippen LogP contribution is 2.49. The number of nitrogens with two attached hydrogens (primary N) is 1. The summed E-state index contributed by atoms with van der Waals surface area (Å²) in [6.45, 7) is 2.21. The SMILES string of the molecule is CCOC(=O)CCCCc1cccc(C2Oc3cccc(OC)c3-c3ccc(CS(N)(=O)=O)cc32)c1. The first kappa shape index (κ1) is 25.7. The summed E-state index contributed by atoms with van der Waals surface area (Å²) in [5.74, 6) is 0.960. The van der Waals surface area contributed by atoms with Gasteiger partial charge in [0.2, 0.25) is 10.0 Å². The maximum Gasteiger partial charge on any atom is 0.305 e. The number of aryl methyl sites for hydroxylation is 1. The molecule has 8 heteroatoms. The van der Waals surface area contributed by atoms with E-state index in [4.69, 9.17) is 19.3 Å². The Morgan fingerprint density at radius 2 is 1.83 bits per heavy atom. The Labute approximate surface area is 212 Å². The Kier molecular flexibility index (Phi) is 7.96. The van der Waals surface area contributed by atoms with Gasteiger partial charge in [0.15, 0.2) is 0 Å². The second kappa shape index (κ2) is 11.1. The lowest BCUT2D eigenvalue weighted by atomic mass is 9.87. The average molecular weight is 510 g/mol. The van der Waals surface area contributed by atoms with E-state index in [0.717, 1.165) is 47.1 Å². The van der Waals surface area contributed by atoms with Crippen LogP contribution in [0.4, 0.5) is 0 Å². The van der Waals surface area contributed by atoms with Crippen LogP contribution in [-0.2, 0) is 31.7 Å². The van der Waals surface area contributed by atoms with Crippen LogP contribution in [0.1, 0.15) is 54.5 Å². The Hall–Kier alpha value is -3.36. The summed E-state index contributed by atoms with van der Waals surface area (Å²) in [7, 11) is -2.07. The van der Waals surface area contributed by atoms with Crippen molar-refractivity contribution < 1.29 is 27.4 Å². The summed E-state index contributed by atoms with van der Waals surface area (Å²) in [5, 5.41) is 5.32. The van der Waals surface area contributed by atoms with Crippen LogP contribution in [0.25, 0.3) is 11.1 Å². The lowest BCUT2D eigenvalue weighted by Crippen LogP contribution is -2.18. The average Bonchev–Trinajstić information content (AvgIpc) is 2.85. The van der Waals surface area contributed by atoms with Crippen molar-refractivity contribution in [3.05, 3.63) is 82.9 Å². The van der Waals surface area contributed by atoms with Crippen molar-refractivity contribution in [3.63, 3.8) is 0 Å². The molecule has 4 rings (SSSR count). The quantitative estimate of drug-likeness (QED) is 0.308. The first-order valence-corrected chi connectivity index (χ1v) is 13.7. The fourth-order valence-electron chi connectivity index (χ4n) is 4.61. The minimum atomic E-state index is -3.69. The van der Waals surface area contributed by atoms with Crippen molar-refractivity contribution in [2.45, 2.75) is 44.5 Å². The largest absolute Gasteiger partial charge is 0.496 e. The van der Waals surface area contributed by atoms with Crippen molar-refractivity contribution in [1.29, 1.82) is 0 Å². The van der Waals surface area contributed by atoms with Crippen LogP contribution in [0.5, 0.6) is 11.5 Å². The van der Waals surface area contributed by atoms with Crippen molar-refractivity contribution in [3.8, 4) is 22.6 Å². The molecule has 0 aromatic heterocycles. The number of esters is 1. The molecule has 0 fully saturated rings. The molecule has 3 aromatic carbocycles. The Morgan fingerprint density at radius 1 is 1.03 bits per heavy atom. The van der Waals surface area contributed by atoms with E-state index in [-0.39, 0.29) is 11.7 Å². The number of hydrogen-bond donors (Lipinski definition) is 1. The number of methoxy groups -OCH3 is 1. The highest BCUT2D eigenvalue weighted by Gasteiger charge is 2.30. The zero-order valence-corrected chi connectivity index (χ0v) is 21.3. The van der Waals surface area contributed by atoms with E-state index in [1.165, 1.54) is 0 Å². The molecular weight excluding hydrogens is 478 g/mol. The van der Waals surface area contributed by atoms with E-state index in [2.05, 4.69) is 12.1 Å². The summed E-state index contributed by atoms with van der Waals surface area (Å²) in [4.78, 5) is 11.6. The van der Waals surface area contributed by atoms with Gasteiger partial charge >= 0.3 is 5.97 Å². The van der Waals surface area contributed by atoms with Crippen molar-refractivity contribution >= 4 is 16.0 Å². The second-order valence-electron chi connectivity index (χ2n) is 8.82. The van der Waals surface area contributed by atoms with Gasteiger partial charge in [0.05, 0.1) is 25.0 Å². The van der Waals surface area contributed by atoms with E-state index in [1.54, 1.807) is 20.1 Å². The monoisotopic (exact) mass is 509 g/mol. The lowest BCUT2D eigenvalue weighted by molar-refractivity contribution is -0.143. The zero-order valence-electron chi connectivity index (χ0n) is 20.5. The predicted molar refractivity (Wildman–Crippen MR) is 138 cm³/mol. The molecule has 0 bridgehead atoms. The molecule has 0 saturated carbocycles. The molecule has 0 aliphatic carbocycles. The maximum absolute atomic E-state index is 11.8. The highest BCUT2D eigenvalue weighted by molar-refractivity contribution is 7.88. The topological polar surface area (TPSA) is 105 Å². The van der Waals surface area contributed by atoms with Gasteiger partial charge in [-0.15, -0.1) is 0 Å². The van der Waals surface area contributed by atoms with Gasteiger partial charge in [0.25, 0.3) is 0 Å². The van der Waals surface area contributed by atoms with Crippen LogP contribution in [-0.4, -0.2) is 28.1 Å². The van der Waals surface area contributed by atoms with Crippen LogP contribution < -0.4 is 14.6 Å². The van der Waals surface area contributed by atoms with Gasteiger partial charge in [-0.3, -0.25) is 4.79 Å². The minimum absolute atomic E-state index is 0.164. The van der Waals surface area contributed by atoms with Gasteiger partial charge in [-0.1, -0.05) is 48.5 Å². The van der Waals surface area contributed by atoms with Gasteiger partial charge in [0.1, 0.15) is 17.6 Å². The van der Waals surface area contributed by atoms with Gasteiger partial charge in [-0.25, -0.2) is 13.6 Å². The first-order valence-electron chi connectivity index (χ1n) is 12.0. The molecule has 2 N–H and O–H groups in total. The van der Waals surface area contributed by atoms with Gasteiger partial charge in [0, 0.05) is 12.0 Å². The second-order valence-corrected chi connectivity index (χ2v) is 10.4. The molecule has 1 heterocycles. The number of benzene rings is 3. The number of carbonyl (C=O) groups is 1. The van der Waals surface area contributed by atoms with Crippen molar-refractivity contribution in [2.75, 3.05) is 13.7 Å². The third-order valence-corrected chi connectivity index (χ3v) is 6.88. The first-order chi connectivity index (χ1) is 17.3. The predicted octanol–water partition coefficient (Wildman–Crippen LogP) is 4.91. The molecule has 3 aromatic rings. The molecule has 1 aliphatic rings. The molecule has 0 amide bonds. The number of sulfonamides is 1. The molecule has 36 heavy (non-hydrogen) atoms. The van der Waals surface area contributed by atoms with Gasteiger partial charge < -0.3 is 14.2 Å². The molecule has 1 unspecified atom stereocenters. The summed E-state index contributed by atoms with van der Waals surface area (Å²) in [6, 6.07) is 19.4. The number of unbranched alkanes of at least 4 members (excludes halogenated alkanes) is 1. The molecule has 0 radical (unpaired) electrons. The van der Waals surface area contributed by atoms with E-state index in [9.17, 15) is 13.2 Å².